The predicted molar refractivity (Wildman–Crippen MR) is 104 cm³/mol. The lowest BCUT2D eigenvalue weighted by molar-refractivity contribution is -0.384. The van der Waals surface area contributed by atoms with E-state index in [1.165, 1.54) is 18.2 Å². The molecule has 2 aromatic carbocycles. The summed E-state index contributed by atoms with van der Waals surface area (Å²) in [4.78, 5) is 36.5. The summed E-state index contributed by atoms with van der Waals surface area (Å²) in [5.41, 5.74) is 1.33. The molecule has 0 bridgehead atoms. The first-order chi connectivity index (χ1) is 12.0. The first-order valence-electron chi connectivity index (χ1n) is 7.19. The Balaban J connectivity index is 1.84. The third-order valence-electron chi connectivity index (χ3n) is 3.53. The van der Waals surface area contributed by atoms with Crippen LogP contribution in [0.1, 0.15) is 11.1 Å². The Morgan fingerprint density at radius 3 is 2.64 bits per heavy atom. The fourth-order valence-electron chi connectivity index (χ4n) is 2.32. The molecule has 0 unspecified atom stereocenters. The van der Waals surface area contributed by atoms with Gasteiger partial charge in [0, 0.05) is 15.7 Å². The lowest BCUT2D eigenvalue weighted by Gasteiger charge is -2.12. The summed E-state index contributed by atoms with van der Waals surface area (Å²) in [5, 5.41) is 10.5. The zero-order valence-corrected chi connectivity index (χ0v) is 15.7. The van der Waals surface area contributed by atoms with Crippen molar-refractivity contribution in [3.05, 3.63) is 78.2 Å². The molecule has 1 saturated heterocycles. The van der Waals surface area contributed by atoms with Gasteiger partial charge in [0.25, 0.3) is 16.8 Å². The maximum Gasteiger partial charge on any atom is 0.293 e. The summed E-state index contributed by atoms with van der Waals surface area (Å²) in [5.74, 6) is -0.388. The Hall–Kier alpha value is -2.20. The molecule has 126 valence electrons. The van der Waals surface area contributed by atoms with E-state index in [9.17, 15) is 19.7 Å². The van der Waals surface area contributed by atoms with Crippen LogP contribution >= 0.6 is 34.4 Å². The van der Waals surface area contributed by atoms with Gasteiger partial charge in [-0.3, -0.25) is 24.6 Å². The number of benzene rings is 2. The van der Waals surface area contributed by atoms with Crippen LogP contribution < -0.4 is 0 Å². The van der Waals surface area contributed by atoms with Gasteiger partial charge < -0.3 is 0 Å². The molecule has 1 aliphatic heterocycles. The first kappa shape index (κ1) is 17.6. The summed E-state index contributed by atoms with van der Waals surface area (Å²) >= 11 is 3.04. The molecule has 1 fully saturated rings. The molecule has 2 amide bonds. The Bertz CT molecular complexity index is 913. The van der Waals surface area contributed by atoms with Crippen molar-refractivity contribution in [2.24, 2.45) is 0 Å². The van der Waals surface area contributed by atoms with Crippen LogP contribution in [0.2, 0.25) is 0 Å². The average molecular weight is 466 g/mol. The van der Waals surface area contributed by atoms with Gasteiger partial charge in [-0.15, -0.1) is 0 Å². The Kier molecular flexibility index (Phi) is 5.19. The van der Waals surface area contributed by atoms with Gasteiger partial charge in [0.2, 0.25) is 0 Å². The fourth-order valence-corrected chi connectivity index (χ4v) is 3.69. The molecule has 0 atom stereocenters. The molecule has 0 aromatic heterocycles. The number of hydrogen-bond acceptors (Lipinski definition) is 5. The van der Waals surface area contributed by atoms with Gasteiger partial charge in [-0.25, -0.2) is 0 Å². The van der Waals surface area contributed by atoms with Gasteiger partial charge in [0.15, 0.2) is 0 Å². The van der Waals surface area contributed by atoms with Crippen LogP contribution in [-0.4, -0.2) is 21.0 Å². The van der Waals surface area contributed by atoms with Gasteiger partial charge in [-0.05, 0) is 57.6 Å². The second-order valence-corrected chi connectivity index (χ2v) is 7.37. The van der Waals surface area contributed by atoms with Gasteiger partial charge in [-0.1, -0.05) is 30.3 Å². The highest BCUT2D eigenvalue weighted by Crippen LogP contribution is 2.34. The van der Waals surface area contributed by atoms with Crippen molar-refractivity contribution in [1.82, 2.24) is 4.90 Å². The molecule has 2 aromatic rings. The molecule has 0 N–H and O–H groups in total. The average Bonchev–Trinajstić information content (AvgIpc) is 2.85. The van der Waals surface area contributed by atoms with Crippen molar-refractivity contribution >= 4 is 57.3 Å². The molecule has 25 heavy (non-hydrogen) atoms. The monoisotopic (exact) mass is 466 g/mol. The Morgan fingerprint density at radius 2 is 1.92 bits per heavy atom. The number of nitro benzene ring substituents is 1. The van der Waals surface area contributed by atoms with Crippen LogP contribution in [0.15, 0.2) is 53.4 Å². The molecule has 0 spiro atoms. The lowest BCUT2D eigenvalue weighted by atomic mass is 10.2. The predicted octanol–water partition coefficient (Wildman–Crippen LogP) is 4.44. The topological polar surface area (TPSA) is 80.5 Å². The summed E-state index contributed by atoms with van der Waals surface area (Å²) in [6.45, 7) is 0.00949. The smallest absolute Gasteiger partial charge is 0.268 e. The van der Waals surface area contributed by atoms with E-state index >= 15 is 0 Å². The number of thioether (sulfide) groups is 1. The quantitative estimate of drug-likeness (QED) is 0.288. The van der Waals surface area contributed by atoms with Gasteiger partial charge in [-0.2, -0.15) is 0 Å². The van der Waals surface area contributed by atoms with Crippen LogP contribution in [0, 0.1) is 13.7 Å². The summed E-state index contributed by atoms with van der Waals surface area (Å²) in [6, 6.07) is 13.5. The molecular formula is C17H11IN2O4S. The van der Waals surface area contributed by atoms with E-state index in [1.807, 2.05) is 24.3 Å². The van der Waals surface area contributed by atoms with Gasteiger partial charge >= 0.3 is 0 Å². The molecule has 6 nitrogen and oxygen atoms in total. The molecule has 1 heterocycles. The highest BCUT2D eigenvalue weighted by Gasteiger charge is 2.35. The Labute approximate surface area is 161 Å². The van der Waals surface area contributed by atoms with E-state index < -0.39 is 4.92 Å². The zero-order chi connectivity index (χ0) is 18.0. The normalized spacial score (nSPS) is 15.9. The van der Waals surface area contributed by atoms with Crippen molar-refractivity contribution in [1.29, 1.82) is 0 Å². The largest absolute Gasteiger partial charge is 0.293 e. The maximum absolute atomic E-state index is 12.5. The fraction of sp³-hybridized carbons (Fsp3) is 0.0588. The SMILES string of the molecule is O=C1S/C(=C\c2ccccc2I)C(=O)N1Cc1cccc([N+](=O)[O-])c1. The van der Waals surface area contributed by atoms with Crippen LogP contribution in [-0.2, 0) is 11.3 Å². The first-order valence-corrected chi connectivity index (χ1v) is 9.08. The van der Waals surface area contributed by atoms with Crippen LogP contribution in [0.25, 0.3) is 6.08 Å². The lowest BCUT2D eigenvalue weighted by Crippen LogP contribution is -2.27. The number of carbonyl (C=O) groups excluding carboxylic acids is 2. The number of non-ortho nitro benzene ring substituents is 1. The second kappa shape index (κ2) is 7.36. The number of nitro groups is 1. The zero-order valence-electron chi connectivity index (χ0n) is 12.7. The van der Waals surface area contributed by atoms with Crippen molar-refractivity contribution in [2.45, 2.75) is 6.54 Å². The number of nitrogens with zero attached hydrogens (tertiary/aromatic N) is 2. The van der Waals surface area contributed by atoms with E-state index in [2.05, 4.69) is 22.6 Å². The molecule has 0 aliphatic carbocycles. The van der Waals surface area contributed by atoms with E-state index in [4.69, 9.17) is 0 Å². The van der Waals surface area contributed by atoms with Crippen molar-refractivity contribution in [3.8, 4) is 0 Å². The summed E-state index contributed by atoms with van der Waals surface area (Å²) < 4.78 is 0.977. The minimum Gasteiger partial charge on any atom is -0.268 e. The summed E-state index contributed by atoms with van der Waals surface area (Å²) in [7, 11) is 0. The number of carbonyl (C=O) groups is 2. The van der Waals surface area contributed by atoms with Gasteiger partial charge in [0.05, 0.1) is 16.4 Å². The number of rotatable bonds is 4. The van der Waals surface area contributed by atoms with Crippen LogP contribution in [0.5, 0.6) is 0 Å². The van der Waals surface area contributed by atoms with Crippen molar-refractivity contribution in [3.63, 3.8) is 0 Å². The maximum atomic E-state index is 12.5. The third-order valence-corrected chi connectivity index (χ3v) is 5.42. The van der Waals surface area contributed by atoms with Crippen molar-refractivity contribution < 1.29 is 14.5 Å². The van der Waals surface area contributed by atoms with Crippen molar-refractivity contribution in [2.75, 3.05) is 0 Å². The van der Waals surface area contributed by atoms with E-state index in [-0.39, 0.29) is 23.4 Å². The third kappa shape index (κ3) is 3.90. The number of amides is 2. The number of halogens is 1. The van der Waals surface area contributed by atoms with E-state index in [0.717, 1.165) is 25.8 Å². The molecule has 0 saturated carbocycles. The molecular weight excluding hydrogens is 455 g/mol. The van der Waals surface area contributed by atoms with Crippen LogP contribution in [0.4, 0.5) is 10.5 Å². The second-order valence-electron chi connectivity index (χ2n) is 5.22. The highest BCUT2D eigenvalue weighted by atomic mass is 127. The van der Waals surface area contributed by atoms with E-state index in [0.29, 0.717) is 10.5 Å². The minimum atomic E-state index is -0.505. The Morgan fingerprint density at radius 1 is 1.16 bits per heavy atom. The highest BCUT2D eigenvalue weighted by molar-refractivity contribution is 14.1. The molecule has 0 radical (unpaired) electrons. The molecule has 8 heteroatoms. The standard InChI is InChI=1S/C17H11IN2O4S/c18-14-7-2-1-5-12(14)9-15-16(21)19(17(22)25-15)10-11-4-3-6-13(8-11)20(23)24/h1-9H,10H2/b15-9-. The molecule has 1 aliphatic rings. The summed E-state index contributed by atoms with van der Waals surface area (Å²) in [6.07, 6.45) is 1.69. The number of imide groups is 1. The van der Waals surface area contributed by atoms with Gasteiger partial charge in [0.1, 0.15) is 0 Å². The minimum absolute atomic E-state index is 0.00949. The molecule has 3 rings (SSSR count). The van der Waals surface area contributed by atoms with E-state index in [1.54, 1.807) is 12.1 Å². The van der Waals surface area contributed by atoms with Crippen LogP contribution in [0.3, 0.4) is 0 Å². The number of hydrogen-bond donors (Lipinski definition) is 0.